The molecule has 2 rings (SSSR count). The lowest BCUT2D eigenvalue weighted by Crippen LogP contribution is -2.29. The number of fused-ring (bicyclic) bond motifs is 1. The third kappa shape index (κ3) is 4.08. The van der Waals surface area contributed by atoms with Crippen LogP contribution in [0.15, 0.2) is 14.7 Å². The van der Waals surface area contributed by atoms with Crippen LogP contribution in [0.2, 0.25) is 0 Å². The Kier molecular flexibility index (Phi) is 6.64. The molecule has 0 aliphatic rings. The molecule has 0 amide bonds. The molecule has 3 N–H and O–H groups in total. The topological polar surface area (TPSA) is 113 Å². The summed E-state index contributed by atoms with van der Waals surface area (Å²) in [6.07, 6.45) is 3.32. The Bertz CT molecular complexity index is 795. The van der Waals surface area contributed by atoms with Crippen LogP contribution in [0, 0.1) is 0 Å². The maximum atomic E-state index is 12.2. The van der Waals surface area contributed by atoms with Gasteiger partial charge in [-0.3, -0.25) is 14.3 Å². The number of aryl methyl sites for hydroxylation is 2. The predicted molar refractivity (Wildman–Crippen MR) is 93.6 cm³/mol. The number of nitrogens with zero attached hydrogens (tertiary/aromatic N) is 3. The van der Waals surface area contributed by atoms with Crippen LogP contribution in [0.3, 0.4) is 0 Å². The van der Waals surface area contributed by atoms with Gasteiger partial charge in [0.15, 0.2) is 16.3 Å². The molecule has 1 unspecified atom stereocenters. The molecular weight excluding hydrogens is 332 g/mol. The molecule has 8 nitrogen and oxygen atoms in total. The fourth-order valence-corrected chi connectivity index (χ4v) is 3.39. The van der Waals surface area contributed by atoms with Gasteiger partial charge < -0.3 is 14.8 Å². The van der Waals surface area contributed by atoms with Crippen molar-refractivity contribution >= 4 is 22.9 Å². The second kappa shape index (κ2) is 8.50. The van der Waals surface area contributed by atoms with Crippen LogP contribution in [-0.2, 0) is 13.6 Å². The average molecular weight is 356 g/mol. The van der Waals surface area contributed by atoms with Gasteiger partial charge in [-0.1, -0.05) is 37.9 Å². The summed E-state index contributed by atoms with van der Waals surface area (Å²) in [6, 6.07) is 0. The van der Waals surface area contributed by atoms with Gasteiger partial charge in [-0.15, -0.1) is 0 Å². The van der Waals surface area contributed by atoms with E-state index in [4.69, 9.17) is 5.11 Å². The first-order chi connectivity index (χ1) is 11.5. The number of imidazole rings is 1. The van der Waals surface area contributed by atoms with Gasteiger partial charge >= 0.3 is 5.69 Å². The molecule has 0 aliphatic carbocycles. The highest BCUT2D eigenvalue weighted by atomic mass is 32.2. The van der Waals surface area contributed by atoms with Gasteiger partial charge in [0.1, 0.15) is 0 Å². The summed E-state index contributed by atoms with van der Waals surface area (Å²) in [7, 11) is 1.56. The van der Waals surface area contributed by atoms with E-state index in [2.05, 4.69) is 16.9 Å². The van der Waals surface area contributed by atoms with Crippen molar-refractivity contribution in [3.63, 3.8) is 0 Å². The summed E-state index contributed by atoms with van der Waals surface area (Å²) in [5.74, 6) is 0.265. The molecule has 1 atom stereocenters. The largest absolute Gasteiger partial charge is 0.394 e. The lowest BCUT2D eigenvalue weighted by molar-refractivity contribution is 0.113. The van der Waals surface area contributed by atoms with Crippen molar-refractivity contribution in [1.82, 2.24) is 19.1 Å². The number of aliphatic hydroxyl groups is 2. The molecule has 0 aliphatic heterocycles. The van der Waals surface area contributed by atoms with Crippen molar-refractivity contribution in [1.29, 1.82) is 0 Å². The van der Waals surface area contributed by atoms with Gasteiger partial charge in [0.25, 0.3) is 5.56 Å². The molecule has 0 radical (unpaired) electrons. The zero-order valence-electron chi connectivity index (χ0n) is 14.0. The third-order valence-electron chi connectivity index (χ3n) is 3.82. The monoisotopic (exact) mass is 356 g/mol. The highest BCUT2D eigenvalue weighted by molar-refractivity contribution is 7.99. The van der Waals surface area contributed by atoms with E-state index in [0.717, 1.165) is 25.7 Å². The molecule has 0 aromatic carbocycles. The Labute approximate surface area is 143 Å². The fraction of sp³-hybridized carbons (Fsp3) is 0.667. The maximum Gasteiger partial charge on any atom is 0.329 e. The lowest BCUT2D eigenvalue weighted by Gasteiger charge is -2.10. The first-order valence-electron chi connectivity index (χ1n) is 8.10. The molecule has 0 saturated heterocycles. The van der Waals surface area contributed by atoms with Crippen molar-refractivity contribution in [3.05, 3.63) is 20.8 Å². The second-order valence-electron chi connectivity index (χ2n) is 5.74. The number of hydrogen-bond acceptors (Lipinski definition) is 6. The Hall–Kier alpha value is -1.58. The van der Waals surface area contributed by atoms with E-state index in [1.165, 1.54) is 16.3 Å². The predicted octanol–water partition coefficient (Wildman–Crippen LogP) is 0.449. The van der Waals surface area contributed by atoms with Gasteiger partial charge in [-0.05, 0) is 6.42 Å². The Morgan fingerprint density at radius 2 is 2.04 bits per heavy atom. The molecule has 2 aromatic rings. The van der Waals surface area contributed by atoms with Crippen LogP contribution in [0.5, 0.6) is 0 Å². The molecule has 134 valence electrons. The van der Waals surface area contributed by atoms with Gasteiger partial charge in [0.2, 0.25) is 0 Å². The number of aliphatic hydroxyl groups excluding tert-OH is 2. The Morgan fingerprint density at radius 1 is 1.29 bits per heavy atom. The summed E-state index contributed by atoms with van der Waals surface area (Å²) >= 11 is 1.27. The van der Waals surface area contributed by atoms with Crippen LogP contribution in [0.4, 0.5) is 0 Å². The van der Waals surface area contributed by atoms with Gasteiger partial charge in [-0.25, -0.2) is 9.78 Å². The SMILES string of the molecule is CCCCCCn1c(SCC(O)CO)nc2c1c(=O)[nH]c(=O)n2C. The van der Waals surface area contributed by atoms with E-state index in [1.54, 1.807) is 11.6 Å². The average Bonchev–Trinajstić information content (AvgIpc) is 2.93. The van der Waals surface area contributed by atoms with E-state index in [-0.39, 0.29) is 12.4 Å². The lowest BCUT2D eigenvalue weighted by atomic mass is 10.2. The summed E-state index contributed by atoms with van der Waals surface area (Å²) in [5.41, 5.74) is -0.254. The highest BCUT2D eigenvalue weighted by Crippen LogP contribution is 2.23. The van der Waals surface area contributed by atoms with Crippen LogP contribution >= 0.6 is 11.8 Å². The minimum atomic E-state index is -0.856. The number of H-pyrrole nitrogens is 1. The first kappa shape index (κ1) is 18.8. The van der Waals surface area contributed by atoms with Crippen LogP contribution in [-0.4, -0.2) is 47.8 Å². The van der Waals surface area contributed by atoms with Crippen LogP contribution < -0.4 is 11.2 Å². The van der Waals surface area contributed by atoms with E-state index < -0.39 is 17.4 Å². The first-order valence-corrected chi connectivity index (χ1v) is 9.09. The second-order valence-corrected chi connectivity index (χ2v) is 6.73. The number of unbranched alkanes of at least 4 members (excludes halogenated alkanes) is 3. The number of nitrogens with one attached hydrogen (secondary N) is 1. The van der Waals surface area contributed by atoms with Crippen LogP contribution in [0.1, 0.15) is 32.6 Å². The Balaban J connectivity index is 2.41. The number of rotatable bonds is 9. The zero-order chi connectivity index (χ0) is 17.7. The number of aromatic amines is 1. The van der Waals surface area contributed by atoms with Crippen molar-refractivity contribution in [2.45, 2.75) is 50.4 Å². The molecule has 9 heteroatoms. The zero-order valence-corrected chi connectivity index (χ0v) is 14.8. The van der Waals surface area contributed by atoms with E-state index in [1.807, 2.05) is 0 Å². The Morgan fingerprint density at radius 3 is 2.71 bits per heavy atom. The smallest absolute Gasteiger partial charge is 0.329 e. The molecule has 0 fully saturated rings. The van der Waals surface area contributed by atoms with Crippen molar-refractivity contribution < 1.29 is 10.2 Å². The van der Waals surface area contributed by atoms with Gasteiger partial charge in [0.05, 0.1) is 12.7 Å². The summed E-state index contributed by atoms with van der Waals surface area (Å²) < 4.78 is 3.11. The van der Waals surface area contributed by atoms with Gasteiger partial charge in [-0.2, -0.15) is 0 Å². The van der Waals surface area contributed by atoms with Crippen LogP contribution in [0.25, 0.3) is 11.2 Å². The number of aromatic nitrogens is 4. The number of thioether (sulfide) groups is 1. The molecule has 0 spiro atoms. The van der Waals surface area contributed by atoms with E-state index in [9.17, 15) is 14.7 Å². The maximum absolute atomic E-state index is 12.2. The summed E-state index contributed by atoms with van der Waals surface area (Å²) in [4.78, 5) is 30.7. The standard InChI is InChI=1S/C15H24N4O4S/c1-3-4-5-6-7-19-11-12(18(2)14(23)17-13(11)22)16-15(19)24-9-10(21)8-20/h10,20-21H,3-9H2,1-2H3,(H,17,22,23). The normalized spacial score (nSPS) is 12.8. The molecule has 2 aromatic heterocycles. The van der Waals surface area contributed by atoms with E-state index in [0.29, 0.717) is 22.9 Å². The molecule has 0 bridgehead atoms. The summed E-state index contributed by atoms with van der Waals surface area (Å²) in [5, 5.41) is 19.1. The van der Waals surface area contributed by atoms with Crippen molar-refractivity contribution in [2.24, 2.45) is 7.05 Å². The van der Waals surface area contributed by atoms with Gasteiger partial charge in [0, 0.05) is 19.3 Å². The van der Waals surface area contributed by atoms with Crippen molar-refractivity contribution in [3.8, 4) is 0 Å². The summed E-state index contributed by atoms with van der Waals surface area (Å²) in [6.45, 7) is 2.42. The fourth-order valence-electron chi connectivity index (χ4n) is 2.45. The highest BCUT2D eigenvalue weighted by Gasteiger charge is 2.18. The molecule has 2 heterocycles. The minimum absolute atomic E-state index is 0.265. The molecule has 24 heavy (non-hydrogen) atoms. The quantitative estimate of drug-likeness (QED) is 0.444. The van der Waals surface area contributed by atoms with E-state index >= 15 is 0 Å². The number of hydrogen-bond donors (Lipinski definition) is 3. The molecular formula is C15H24N4O4S. The minimum Gasteiger partial charge on any atom is -0.394 e. The molecule has 0 saturated carbocycles. The third-order valence-corrected chi connectivity index (χ3v) is 4.94. The van der Waals surface area contributed by atoms with Crippen molar-refractivity contribution in [2.75, 3.05) is 12.4 Å².